The number of nitrogens with one attached hydrogen (secondary N) is 2. The van der Waals surface area contributed by atoms with Crippen LogP contribution in [-0.4, -0.2) is 33.1 Å². The zero-order valence-electron chi connectivity index (χ0n) is 20.8. The maximum atomic E-state index is 13.6. The van der Waals surface area contributed by atoms with Crippen molar-refractivity contribution < 1.29 is 13.6 Å². The zero-order valence-corrected chi connectivity index (χ0v) is 20.8. The molecule has 0 atom stereocenters. The summed E-state index contributed by atoms with van der Waals surface area (Å²) in [5.41, 5.74) is 5.68. The Morgan fingerprint density at radius 2 is 1.57 bits per heavy atom. The first-order valence-corrected chi connectivity index (χ1v) is 12.2. The second-order valence-electron chi connectivity index (χ2n) is 8.84. The third-order valence-electron chi connectivity index (χ3n) is 6.43. The summed E-state index contributed by atoms with van der Waals surface area (Å²) in [5, 5.41) is 6.99. The number of carbonyl (C=O) groups excluding carboxylic acids is 1. The van der Waals surface area contributed by atoms with Crippen LogP contribution in [0.5, 0.6) is 0 Å². The molecule has 186 valence electrons. The summed E-state index contributed by atoms with van der Waals surface area (Å²) in [5.74, 6) is -0.198. The summed E-state index contributed by atoms with van der Waals surface area (Å²) in [6, 6.07) is 30.2. The molecule has 0 aliphatic heterocycles. The van der Waals surface area contributed by atoms with Crippen LogP contribution >= 0.6 is 0 Å². The number of carbonyl (C=O) groups is 1. The normalized spacial score (nSPS) is 10.9. The molecule has 0 saturated heterocycles. The van der Waals surface area contributed by atoms with Crippen LogP contribution in [0.2, 0.25) is 0 Å². The molecule has 2 N–H and O–H groups in total. The molecule has 1 aromatic heterocycles. The van der Waals surface area contributed by atoms with Crippen LogP contribution < -0.4 is 15.5 Å². The number of likely N-dealkylation sites (N-methyl/N-ethyl adjacent to an activating group) is 1. The summed E-state index contributed by atoms with van der Waals surface area (Å²) in [6.07, 6.45) is 0. The Hall–Kier alpha value is -4.58. The Bertz CT molecular complexity index is 1510. The minimum Gasteiger partial charge on any atom is -0.455 e. The fourth-order valence-electron chi connectivity index (χ4n) is 4.47. The minimum atomic E-state index is -0.348. The Kier molecular flexibility index (Phi) is 6.90. The number of anilines is 2. The summed E-state index contributed by atoms with van der Waals surface area (Å²) in [4.78, 5) is 15.2. The van der Waals surface area contributed by atoms with Gasteiger partial charge < -0.3 is 20.0 Å². The molecule has 5 aromatic rings. The number of para-hydroxylation sites is 1. The largest absolute Gasteiger partial charge is 0.455 e. The molecule has 5 rings (SSSR count). The van der Waals surface area contributed by atoms with Gasteiger partial charge in [-0.25, -0.2) is 4.39 Å². The highest BCUT2D eigenvalue weighted by molar-refractivity contribution is 6.12. The van der Waals surface area contributed by atoms with Gasteiger partial charge in [-0.15, -0.1) is 0 Å². The fraction of sp³-hybridized carbons (Fsp3) is 0.129. The second-order valence-corrected chi connectivity index (χ2v) is 8.84. The molecule has 6 heteroatoms. The Labute approximate surface area is 215 Å². The maximum Gasteiger partial charge on any atom is 0.255 e. The van der Waals surface area contributed by atoms with Crippen molar-refractivity contribution in [2.24, 2.45) is 0 Å². The summed E-state index contributed by atoms with van der Waals surface area (Å²) < 4.78 is 19.8. The van der Waals surface area contributed by atoms with Gasteiger partial charge in [-0.05, 0) is 48.0 Å². The number of rotatable bonds is 8. The predicted molar refractivity (Wildman–Crippen MR) is 149 cm³/mol. The van der Waals surface area contributed by atoms with E-state index in [1.807, 2.05) is 60.7 Å². The van der Waals surface area contributed by atoms with Gasteiger partial charge in [-0.3, -0.25) is 4.79 Å². The van der Waals surface area contributed by atoms with Crippen LogP contribution in [0.15, 0.2) is 101 Å². The molecule has 1 heterocycles. The highest BCUT2D eigenvalue weighted by Gasteiger charge is 2.23. The molecule has 1 amide bonds. The SMILES string of the molecule is CNC(=O)c1c(-c2ccc(F)cc2)oc2cc(NCCN(C)c3ccccc3)c(-c3ccccc3)cc12. The molecule has 0 spiro atoms. The molecule has 0 fully saturated rings. The van der Waals surface area contributed by atoms with Crippen molar-refractivity contribution in [1.82, 2.24) is 5.32 Å². The second kappa shape index (κ2) is 10.6. The van der Waals surface area contributed by atoms with Crippen LogP contribution in [0, 0.1) is 5.82 Å². The first kappa shape index (κ1) is 24.1. The highest BCUT2D eigenvalue weighted by atomic mass is 19.1. The van der Waals surface area contributed by atoms with Gasteiger partial charge in [0.15, 0.2) is 0 Å². The smallest absolute Gasteiger partial charge is 0.255 e. The van der Waals surface area contributed by atoms with Crippen molar-refractivity contribution in [3.8, 4) is 22.5 Å². The molecule has 0 radical (unpaired) electrons. The first-order chi connectivity index (χ1) is 18.0. The third kappa shape index (κ3) is 5.05. The summed E-state index contributed by atoms with van der Waals surface area (Å²) in [7, 11) is 3.66. The van der Waals surface area contributed by atoms with Crippen molar-refractivity contribution in [2.45, 2.75) is 0 Å². The standard InChI is InChI=1S/C31H28FN3O2/c1-33-31(36)29-26-19-25(21-9-5-3-6-10-21)27(34-17-18-35(2)24-11-7-4-8-12-24)20-28(26)37-30(29)22-13-15-23(32)16-14-22/h3-16,19-20,34H,17-18H2,1-2H3,(H,33,36). The lowest BCUT2D eigenvalue weighted by atomic mass is 9.98. The molecule has 5 nitrogen and oxygen atoms in total. The molecular weight excluding hydrogens is 465 g/mol. The van der Waals surface area contributed by atoms with E-state index in [9.17, 15) is 9.18 Å². The van der Waals surface area contributed by atoms with Crippen LogP contribution in [0.1, 0.15) is 10.4 Å². The summed E-state index contributed by atoms with van der Waals surface area (Å²) in [6.45, 7) is 1.49. The molecule has 0 aliphatic carbocycles. The number of benzene rings is 4. The predicted octanol–water partition coefficient (Wildman–Crippen LogP) is 6.81. The van der Waals surface area contributed by atoms with E-state index in [-0.39, 0.29) is 11.7 Å². The maximum absolute atomic E-state index is 13.6. The van der Waals surface area contributed by atoms with Crippen LogP contribution in [-0.2, 0) is 0 Å². The van der Waals surface area contributed by atoms with Gasteiger partial charge in [0.05, 0.1) is 5.56 Å². The number of amides is 1. The first-order valence-electron chi connectivity index (χ1n) is 12.2. The minimum absolute atomic E-state index is 0.262. The number of furan rings is 1. The topological polar surface area (TPSA) is 57.5 Å². The van der Waals surface area contributed by atoms with Gasteiger partial charge in [0, 0.05) is 61.1 Å². The van der Waals surface area contributed by atoms with Crippen LogP contribution in [0.3, 0.4) is 0 Å². The molecule has 37 heavy (non-hydrogen) atoms. The molecular formula is C31H28FN3O2. The van der Waals surface area contributed by atoms with Gasteiger partial charge in [-0.2, -0.15) is 0 Å². The van der Waals surface area contributed by atoms with E-state index in [1.54, 1.807) is 19.2 Å². The number of halogens is 1. The van der Waals surface area contributed by atoms with Crippen molar-refractivity contribution in [3.05, 3.63) is 108 Å². The Morgan fingerprint density at radius 3 is 2.24 bits per heavy atom. The van der Waals surface area contributed by atoms with E-state index in [1.165, 1.54) is 12.1 Å². The van der Waals surface area contributed by atoms with Crippen molar-refractivity contribution in [2.75, 3.05) is 37.4 Å². The third-order valence-corrected chi connectivity index (χ3v) is 6.43. The molecule has 0 saturated carbocycles. The van der Waals surface area contributed by atoms with E-state index >= 15 is 0 Å². The average Bonchev–Trinajstić information content (AvgIpc) is 3.31. The van der Waals surface area contributed by atoms with Crippen molar-refractivity contribution in [1.29, 1.82) is 0 Å². The number of hydrogen-bond donors (Lipinski definition) is 2. The number of nitrogens with zero attached hydrogens (tertiary/aromatic N) is 1. The quantitative estimate of drug-likeness (QED) is 0.249. The van der Waals surface area contributed by atoms with Gasteiger partial charge >= 0.3 is 0 Å². The van der Waals surface area contributed by atoms with E-state index in [0.717, 1.165) is 29.0 Å². The lowest BCUT2D eigenvalue weighted by Gasteiger charge is -2.20. The molecule has 4 aromatic carbocycles. The lowest BCUT2D eigenvalue weighted by Crippen LogP contribution is -2.24. The fourth-order valence-corrected chi connectivity index (χ4v) is 4.47. The molecule has 0 bridgehead atoms. The van der Waals surface area contributed by atoms with E-state index in [4.69, 9.17) is 4.42 Å². The monoisotopic (exact) mass is 493 g/mol. The van der Waals surface area contributed by atoms with Gasteiger partial charge in [0.25, 0.3) is 5.91 Å². The Balaban J connectivity index is 1.57. The molecule has 0 aliphatic rings. The van der Waals surface area contributed by atoms with Crippen molar-refractivity contribution >= 4 is 28.3 Å². The van der Waals surface area contributed by atoms with E-state index < -0.39 is 0 Å². The Morgan fingerprint density at radius 1 is 0.892 bits per heavy atom. The number of hydrogen-bond acceptors (Lipinski definition) is 4. The lowest BCUT2D eigenvalue weighted by molar-refractivity contribution is 0.0964. The highest BCUT2D eigenvalue weighted by Crippen LogP contribution is 2.39. The van der Waals surface area contributed by atoms with E-state index in [2.05, 4.69) is 34.7 Å². The zero-order chi connectivity index (χ0) is 25.8. The van der Waals surface area contributed by atoms with Crippen LogP contribution in [0.4, 0.5) is 15.8 Å². The molecule has 0 unspecified atom stereocenters. The van der Waals surface area contributed by atoms with Gasteiger partial charge in [0.1, 0.15) is 17.2 Å². The number of fused-ring (bicyclic) bond motifs is 1. The van der Waals surface area contributed by atoms with Gasteiger partial charge in [0.2, 0.25) is 0 Å². The van der Waals surface area contributed by atoms with E-state index in [0.29, 0.717) is 34.4 Å². The summed E-state index contributed by atoms with van der Waals surface area (Å²) >= 11 is 0. The average molecular weight is 494 g/mol. The van der Waals surface area contributed by atoms with Gasteiger partial charge in [-0.1, -0.05) is 48.5 Å². The van der Waals surface area contributed by atoms with Crippen LogP contribution in [0.25, 0.3) is 33.4 Å². The van der Waals surface area contributed by atoms with Crippen molar-refractivity contribution in [3.63, 3.8) is 0 Å².